The van der Waals surface area contributed by atoms with Crippen LogP contribution in [0.1, 0.15) is 0 Å². The van der Waals surface area contributed by atoms with Crippen molar-refractivity contribution >= 4 is 40.8 Å². The van der Waals surface area contributed by atoms with Crippen molar-refractivity contribution in [2.45, 2.75) is 4.90 Å². The second-order valence-corrected chi connectivity index (χ2v) is 5.14. The van der Waals surface area contributed by atoms with E-state index in [0.717, 1.165) is 21.4 Å². The zero-order valence-corrected chi connectivity index (χ0v) is 12.1. The molecule has 0 heterocycles. The summed E-state index contributed by atoms with van der Waals surface area (Å²) in [6, 6.07) is 20.9. The predicted octanol–water partition coefficient (Wildman–Crippen LogP) is 4.77. The molecule has 0 aliphatic carbocycles. The summed E-state index contributed by atoms with van der Waals surface area (Å²) in [7, 11) is 0. The van der Waals surface area contributed by atoms with Crippen LogP contribution in [0.4, 0.5) is 16.2 Å². The van der Waals surface area contributed by atoms with Gasteiger partial charge in [-0.3, -0.25) is 0 Å². The van der Waals surface area contributed by atoms with Crippen LogP contribution in [0.2, 0.25) is 0 Å². The van der Waals surface area contributed by atoms with Gasteiger partial charge in [-0.15, -0.1) is 12.6 Å². The zero-order chi connectivity index (χ0) is 14.7. The lowest BCUT2D eigenvalue weighted by molar-refractivity contribution is 0.262. The highest BCUT2D eigenvalue weighted by Gasteiger charge is 2.05. The van der Waals surface area contributed by atoms with Crippen molar-refractivity contribution in [3.05, 3.63) is 66.7 Å². The average molecular weight is 294 g/mol. The monoisotopic (exact) mass is 294 g/mol. The molecule has 0 atom stereocenters. The van der Waals surface area contributed by atoms with Crippen LogP contribution in [0.5, 0.6) is 0 Å². The molecule has 4 heteroatoms. The number of anilines is 2. The molecule has 3 aromatic carbocycles. The molecule has 0 unspecified atom stereocenters. The third-order valence-electron chi connectivity index (χ3n) is 3.16. The van der Waals surface area contributed by atoms with E-state index in [0.29, 0.717) is 5.69 Å². The first-order chi connectivity index (χ1) is 10.2. The number of rotatable bonds is 2. The van der Waals surface area contributed by atoms with E-state index in [9.17, 15) is 4.79 Å². The molecule has 0 radical (unpaired) electrons. The highest BCUT2D eigenvalue weighted by molar-refractivity contribution is 7.80. The lowest BCUT2D eigenvalue weighted by Crippen LogP contribution is -2.19. The Kier molecular flexibility index (Phi) is 3.79. The first kappa shape index (κ1) is 13.5. The minimum absolute atomic E-state index is 0.285. The molecule has 2 amide bonds. The molecule has 0 saturated carbocycles. The van der Waals surface area contributed by atoms with Gasteiger partial charge in [0, 0.05) is 10.6 Å². The Labute approximate surface area is 128 Å². The van der Waals surface area contributed by atoms with Gasteiger partial charge in [-0.25, -0.2) is 4.79 Å². The molecule has 21 heavy (non-hydrogen) atoms. The standard InChI is InChI=1S/C17H14N2OS/c20-17(19-15-7-3-4-8-16(15)21)18-14-10-9-12-5-1-2-6-13(12)11-14/h1-11,21H,(H2,18,19,20). The van der Waals surface area contributed by atoms with Crippen molar-refractivity contribution in [3.63, 3.8) is 0 Å². The quantitative estimate of drug-likeness (QED) is 0.585. The lowest BCUT2D eigenvalue weighted by atomic mass is 10.1. The fourth-order valence-corrected chi connectivity index (χ4v) is 2.35. The summed E-state index contributed by atoms with van der Waals surface area (Å²) in [6.07, 6.45) is 0. The van der Waals surface area contributed by atoms with Gasteiger partial charge in [-0.2, -0.15) is 0 Å². The maximum Gasteiger partial charge on any atom is 0.323 e. The molecule has 0 spiro atoms. The summed E-state index contributed by atoms with van der Waals surface area (Å²) in [5.41, 5.74) is 1.43. The minimum atomic E-state index is -0.285. The van der Waals surface area contributed by atoms with Crippen LogP contribution in [-0.2, 0) is 0 Å². The summed E-state index contributed by atoms with van der Waals surface area (Å²) in [4.78, 5) is 12.7. The molecule has 0 fully saturated rings. The number of benzene rings is 3. The summed E-state index contributed by atoms with van der Waals surface area (Å²) < 4.78 is 0. The maximum absolute atomic E-state index is 12.0. The number of amides is 2. The number of hydrogen-bond acceptors (Lipinski definition) is 2. The molecule has 0 saturated heterocycles. The lowest BCUT2D eigenvalue weighted by Gasteiger charge is -2.10. The van der Waals surface area contributed by atoms with E-state index in [4.69, 9.17) is 0 Å². The third-order valence-corrected chi connectivity index (χ3v) is 3.55. The summed E-state index contributed by atoms with van der Waals surface area (Å²) in [5.74, 6) is 0. The van der Waals surface area contributed by atoms with E-state index in [-0.39, 0.29) is 6.03 Å². The number of nitrogens with one attached hydrogen (secondary N) is 2. The molecule has 3 rings (SSSR count). The van der Waals surface area contributed by atoms with Crippen molar-refractivity contribution in [1.29, 1.82) is 0 Å². The van der Waals surface area contributed by atoms with E-state index >= 15 is 0 Å². The minimum Gasteiger partial charge on any atom is -0.308 e. The van der Waals surface area contributed by atoms with Crippen LogP contribution < -0.4 is 10.6 Å². The number of para-hydroxylation sites is 1. The molecule has 2 N–H and O–H groups in total. The van der Waals surface area contributed by atoms with Crippen molar-refractivity contribution in [2.24, 2.45) is 0 Å². The van der Waals surface area contributed by atoms with Crippen LogP contribution in [0, 0.1) is 0 Å². The Balaban J connectivity index is 1.75. The van der Waals surface area contributed by atoms with Crippen LogP contribution in [0.15, 0.2) is 71.6 Å². The second kappa shape index (κ2) is 5.89. The normalized spacial score (nSPS) is 10.3. The fourth-order valence-electron chi connectivity index (χ4n) is 2.13. The summed E-state index contributed by atoms with van der Waals surface area (Å²) in [5, 5.41) is 7.84. The highest BCUT2D eigenvalue weighted by Crippen LogP contribution is 2.21. The topological polar surface area (TPSA) is 41.1 Å². The average Bonchev–Trinajstić information content (AvgIpc) is 2.49. The van der Waals surface area contributed by atoms with Crippen molar-refractivity contribution < 1.29 is 4.79 Å². The first-order valence-electron chi connectivity index (χ1n) is 6.57. The van der Waals surface area contributed by atoms with Gasteiger partial charge in [0.05, 0.1) is 5.69 Å². The Morgan fingerprint density at radius 3 is 2.33 bits per heavy atom. The van der Waals surface area contributed by atoms with E-state index in [2.05, 4.69) is 23.3 Å². The molecular formula is C17H14N2OS. The molecule has 3 aromatic rings. The molecule has 0 aliphatic heterocycles. The van der Waals surface area contributed by atoms with Gasteiger partial charge in [-0.1, -0.05) is 42.5 Å². The predicted molar refractivity (Wildman–Crippen MR) is 90.3 cm³/mol. The van der Waals surface area contributed by atoms with Crippen molar-refractivity contribution in [2.75, 3.05) is 10.6 Å². The Hall–Kier alpha value is -2.46. The van der Waals surface area contributed by atoms with Gasteiger partial charge in [0.15, 0.2) is 0 Å². The van der Waals surface area contributed by atoms with Gasteiger partial charge >= 0.3 is 6.03 Å². The van der Waals surface area contributed by atoms with E-state index in [1.165, 1.54) is 0 Å². The molecular weight excluding hydrogens is 280 g/mol. The molecule has 3 nitrogen and oxygen atoms in total. The number of carbonyl (C=O) groups is 1. The number of fused-ring (bicyclic) bond motifs is 1. The number of thiol groups is 1. The summed E-state index contributed by atoms with van der Waals surface area (Å²) >= 11 is 4.30. The van der Waals surface area contributed by atoms with Gasteiger partial charge in [0.1, 0.15) is 0 Å². The van der Waals surface area contributed by atoms with Gasteiger partial charge < -0.3 is 10.6 Å². The van der Waals surface area contributed by atoms with Gasteiger partial charge in [-0.05, 0) is 35.0 Å². The maximum atomic E-state index is 12.0. The molecule has 104 valence electrons. The van der Waals surface area contributed by atoms with Gasteiger partial charge in [0.25, 0.3) is 0 Å². The smallest absolute Gasteiger partial charge is 0.308 e. The molecule has 0 bridgehead atoms. The Morgan fingerprint density at radius 2 is 1.52 bits per heavy atom. The first-order valence-corrected chi connectivity index (χ1v) is 7.02. The van der Waals surface area contributed by atoms with E-state index < -0.39 is 0 Å². The molecule has 0 aromatic heterocycles. The van der Waals surface area contributed by atoms with Crippen LogP contribution >= 0.6 is 12.6 Å². The van der Waals surface area contributed by atoms with Crippen molar-refractivity contribution in [3.8, 4) is 0 Å². The fraction of sp³-hybridized carbons (Fsp3) is 0. The number of urea groups is 1. The SMILES string of the molecule is O=C(Nc1ccc2ccccc2c1)Nc1ccccc1S. The number of hydrogen-bond donors (Lipinski definition) is 3. The van der Waals surface area contributed by atoms with Crippen LogP contribution in [0.3, 0.4) is 0 Å². The van der Waals surface area contributed by atoms with Gasteiger partial charge in [0.2, 0.25) is 0 Å². The largest absolute Gasteiger partial charge is 0.323 e. The van der Waals surface area contributed by atoms with E-state index in [1.54, 1.807) is 0 Å². The van der Waals surface area contributed by atoms with E-state index in [1.807, 2.05) is 66.7 Å². The van der Waals surface area contributed by atoms with Crippen LogP contribution in [0.25, 0.3) is 10.8 Å². The van der Waals surface area contributed by atoms with Crippen molar-refractivity contribution in [1.82, 2.24) is 0 Å². The highest BCUT2D eigenvalue weighted by atomic mass is 32.1. The number of carbonyl (C=O) groups excluding carboxylic acids is 1. The summed E-state index contributed by atoms with van der Waals surface area (Å²) in [6.45, 7) is 0. The second-order valence-electron chi connectivity index (χ2n) is 4.66. The Morgan fingerprint density at radius 1 is 0.810 bits per heavy atom. The molecule has 0 aliphatic rings. The van der Waals surface area contributed by atoms with Crippen LogP contribution in [-0.4, -0.2) is 6.03 Å². The zero-order valence-electron chi connectivity index (χ0n) is 11.2. The Bertz CT molecular complexity index is 801. The third kappa shape index (κ3) is 3.17.